The number of likely N-dealkylation sites (tertiary alicyclic amines) is 1. The molecule has 0 aliphatic carbocycles. The molecule has 0 unspecified atom stereocenters. The minimum atomic E-state index is -1.01. The summed E-state index contributed by atoms with van der Waals surface area (Å²) in [5.41, 5.74) is -0.0571. The second kappa shape index (κ2) is 8.56. The summed E-state index contributed by atoms with van der Waals surface area (Å²) in [6, 6.07) is 11.4. The van der Waals surface area contributed by atoms with Crippen LogP contribution in [0.5, 0.6) is 0 Å². The summed E-state index contributed by atoms with van der Waals surface area (Å²) in [5.74, 6) is 0.765. The quantitative estimate of drug-likeness (QED) is 0.793. The van der Waals surface area contributed by atoms with Crippen LogP contribution in [-0.2, 0) is 11.3 Å². The summed E-state index contributed by atoms with van der Waals surface area (Å²) < 4.78 is 1.43. The van der Waals surface area contributed by atoms with Gasteiger partial charge in [-0.2, -0.15) is 0 Å². The van der Waals surface area contributed by atoms with Gasteiger partial charge in [0.05, 0.1) is 18.5 Å². The van der Waals surface area contributed by atoms with Gasteiger partial charge in [0, 0.05) is 32.6 Å². The van der Waals surface area contributed by atoms with E-state index in [-0.39, 0.29) is 23.9 Å². The topological polar surface area (TPSA) is 87.5 Å². The minimum Gasteiger partial charge on any atom is -0.388 e. The maximum absolute atomic E-state index is 12.6. The van der Waals surface area contributed by atoms with Crippen molar-refractivity contribution in [3.63, 3.8) is 0 Å². The van der Waals surface area contributed by atoms with Crippen LogP contribution in [0, 0.1) is 0 Å². The van der Waals surface area contributed by atoms with Crippen molar-refractivity contribution in [3.8, 4) is 0 Å². The van der Waals surface area contributed by atoms with E-state index >= 15 is 0 Å². The average Bonchev–Trinajstić information content (AvgIpc) is 2.70. The van der Waals surface area contributed by atoms with Crippen molar-refractivity contribution in [1.29, 1.82) is 0 Å². The Bertz CT molecular complexity index is 857. The molecule has 1 fully saturated rings. The Morgan fingerprint density at radius 1 is 1.29 bits per heavy atom. The maximum atomic E-state index is 12.6. The predicted octanol–water partition coefficient (Wildman–Crippen LogP) is 1.83. The molecule has 0 radical (unpaired) electrons. The second-order valence-corrected chi connectivity index (χ2v) is 7.61. The molecule has 0 bridgehead atoms. The number of aromatic nitrogens is 2. The first kappa shape index (κ1) is 20.1. The van der Waals surface area contributed by atoms with Crippen molar-refractivity contribution in [3.05, 3.63) is 58.6 Å². The standard InChI is InChI=1S/C21H28N4O3/c1-16(17-6-4-3-5-7-17)12-19(26)24-10-8-21(28,9-11-24)14-25-15-23-18(22-2)13-20(25)27/h3-7,13,15-16,22,28H,8-12,14H2,1-2H3/t16-/m1/s1. The zero-order valence-electron chi connectivity index (χ0n) is 16.5. The molecule has 1 aromatic heterocycles. The highest BCUT2D eigenvalue weighted by molar-refractivity contribution is 5.77. The Morgan fingerprint density at radius 2 is 1.96 bits per heavy atom. The van der Waals surface area contributed by atoms with Gasteiger partial charge in [0.2, 0.25) is 5.91 Å². The Morgan fingerprint density at radius 3 is 2.57 bits per heavy atom. The molecule has 7 heteroatoms. The van der Waals surface area contributed by atoms with Crippen LogP contribution < -0.4 is 10.9 Å². The molecule has 2 N–H and O–H groups in total. The summed E-state index contributed by atoms with van der Waals surface area (Å²) in [4.78, 5) is 30.8. The third-order valence-corrected chi connectivity index (χ3v) is 5.50. The van der Waals surface area contributed by atoms with Crippen molar-refractivity contribution in [2.75, 3.05) is 25.5 Å². The lowest BCUT2D eigenvalue weighted by molar-refractivity contribution is -0.136. The zero-order chi connectivity index (χ0) is 20.1. The number of nitrogens with one attached hydrogen (secondary N) is 1. The van der Waals surface area contributed by atoms with Gasteiger partial charge in [0.25, 0.3) is 5.56 Å². The van der Waals surface area contributed by atoms with Crippen LogP contribution in [0.2, 0.25) is 0 Å². The van der Waals surface area contributed by atoms with E-state index in [0.29, 0.717) is 38.2 Å². The lowest BCUT2D eigenvalue weighted by Crippen LogP contribution is -2.49. The molecular formula is C21H28N4O3. The third-order valence-electron chi connectivity index (χ3n) is 5.50. The van der Waals surface area contributed by atoms with E-state index in [1.54, 1.807) is 7.05 Å². The smallest absolute Gasteiger partial charge is 0.255 e. The number of carbonyl (C=O) groups excluding carboxylic acids is 1. The number of benzene rings is 1. The molecule has 0 spiro atoms. The average molecular weight is 384 g/mol. The number of hydrogen-bond donors (Lipinski definition) is 2. The first-order valence-electron chi connectivity index (χ1n) is 9.69. The Hall–Kier alpha value is -2.67. The normalized spacial score (nSPS) is 17.2. The number of hydrogen-bond acceptors (Lipinski definition) is 5. The first-order valence-corrected chi connectivity index (χ1v) is 9.69. The number of carbonyl (C=O) groups is 1. The fourth-order valence-electron chi connectivity index (χ4n) is 3.62. The molecule has 28 heavy (non-hydrogen) atoms. The van der Waals surface area contributed by atoms with Gasteiger partial charge in [0.15, 0.2) is 0 Å². The lowest BCUT2D eigenvalue weighted by Gasteiger charge is -2.38. The largest absolute Gasteiger partial charge is 0.388 e. The number of aliphatic hydroxyl groups is 1. The molecule has 0 saturated carbocycles. The van der Waals surface area contributed by atoms with Crippen LogP contribution in [0.1, 0.15) is 37.7 Å². The van der Waals surface area contributed by atoms with Crippen LogP contribution in [0.25, 0.3) is 0 Å². The van der Waals surface area contributed by atoms with Crippen LogP contribution in [0.3, 0.4) is 0 Å². The Balaban J connectivity index is 1.56. The number of piperidine rings is 1. The van der Waals surface area contributed by atoms with Gasteiger partial charge in [0.1, 0.15) is 5.82 Å². The van der Waals surface area contributed by atoms with E-state index in [1.807, 2.05) is 35.2 Å². The van der Waals surface area contributed by atoms with E-state index in [0.717, 1.165) is 5.56 Å². The van der Waals surface area contributed by atoms with Crippen molar-refractivity contribution in [2.24, 2.45) is 0 Å². The zero-order valence-corrected chi connectivity index (χ0v) is 16.5. The van der Waals surface area contributed by atoms with Gasteiger partial charge >= 0.3 is 0 Å². The van der Waals surface area contributed by atoms with Crippen LogP contribution in [0.15, 0.2) is 47.5 Å². The highest BCUT2D eigenvalue weighted by Crippen LogP contribution is 2.26. The summed E-state index contributed by atoms with van der Waals surface area (Å²) in [6.45, 7) is 3.23. The fraction of sp³-hybridized carbons (Fsp3) is 0.476. The molecule has 1 aromatic carbocycles. The van der Waals surface area contributed by atoms with Crippen molar-refractivity contribution in [2.45, 2.75) is 44.2 Å². The Kier molecular flexibility index (Phi) is 6.14. The third kappa shape index (κ3) is 4.78. The summed E-state index contributed by atoms with van der Waals surface area (Å²) in [7, 11) is 1.70. The van der Waals surface area contributed by atoms with E-state index in [4.69, 9.17) is 0 Å². The monoisotopic (exact) mass is 384 g/mol. The van der Waals surface area contributed by atoms with E-state index in [2.05, 4.69) is 17.2 Å². The molecule has 2 aromatic rings. The van der Waals surface area contributed by atoms with Crippen molar-refractivity contribution < 1.29 is 9.90 Å². The van der Waals surface area contributed by atoms with Crippen LogP contribution >= 0.6 is 0 Å². The van der Waals surface area contributed by atoms with E-state index < -0.39 is 5.60 Å². The number of rotatable bonds is 6. The molecule has 1 aliphatic heterocycles. The highest BCUT2D eigenvalue weighted by Gasteiger charge is 2.34. The van der Waals surface area contributed by atoms with Gasteiger partial charge < -0.3 is 15.3 Å². The molecular weight excluding hydrogens is 356 g/mol. The van der Waals surface area contributed by atoms with Crippen molar-refractivity contribution >= 4 is 11.7 Å². The molecule has 7 nitrogen and oxygen atoms in total. The van der Waals surface area contributed by atoms with Gasteiger partial charge in [-0.3, -0.25) is 14.2 Å². The summed E-state index contributed by atoms with van der Waals surface area (Å²) >= 11 is 0. The SMILES string of the molecule is CNc1cc(=O)n(CC2(O)CCN(C(=O)C[C@@H](C)c3ccccc3)CC2)cn1. The number of anilines is 1. The molecule has 150 valence electrons. The molecule has 1 aliphatic rings. The number of amides is 1. The van der Waals surface area contributed by atoms with Crippen LogP contribution in [0.4, 0.5) is 5.82 Å². The lowest BCUT2D eigenvalue weighted by atomic mass is 9.90. The van der Waals surface area contributed by atoms with Gasteiger partial charge in [-0.1, -0.05) is 37.3 Å². The van der Waals surface area contributed by atoms with Crippen molar-refractivity contribution in [1.82, 2.24) is 14.5 Å². The molecule has 1 amide bonds. The summed E-state index contributed by atoms with van der Waals surface area (Å²) in [5, 5.41) is 13.7. The van der Waals surface area contributed by atoms with Gasteiger partial charge in [-0.05, 0) is 24.3 Å². The number of nitrogens with zero attached hydrogens (tertiary/aromatic N) is 3. The van der Waals surface area contributed by atoms with Crippen LogP contribution in [-0.4, -0.2) is 51.2 Å². The van der Waals surface area contributed by atoms with E-state index in [9.17, 15) is 14.7 Å². The van der Waals surface area contributed by atoms with Gasteiger partial charge in [-0.25, -0.2) is 4.98 Å². The summed E-state index contributed by atoms with van der Waals surface area (Å²) in [6.07, 6.45) is 2.79. The highest BCUT2D eigenvalue weighted by atomic mass is 16.3. The van der Waals surface area contributed by atoms with E-state index in [1.165, 1.54) is 17.0 Å². The molecule has 3 rings (SSSR count). The maximum Gasteiger partial charge on any atom is 0.255 e. The molecule has 1 saturated heterocycles. The fourth-order valence-corrected chi connectivity index (χ4v) is 3.62. The molecule has 2 heterocycles. The first-order chi connectivity index (χ1) is 13.4. The Labute approximate surface area is 165 Å². The second-order valence-electron chi connectivity index (χ2n) is 7.61. The molecule has 1 atom stereocenters. The predicted molar refractivity (Wildman–Crippen MR) is 108 cm³/mol. The minimum absolute atomic E-state index is 0.107. The van der Waals surface area contributed by atoms with Gasteiger partial charge in [-0.15, -0.1) is 0 Å².